The first-order chi connectivity index (χ1) is 8.21. The van der Waals surface area contributed by atoms with Crippen molar-refractivity contribution in [1.82, 2.24) is 5.32 Å². The van der Waals surface area contributed by atoms with Crippen molar-refractivity contribution >= 4 is 5.91 Å². The third kappa shape index (κ3) is 3.32. The largest absolute Gasteiger partial charge is 0.354 e. The van der Waals surface area contributed by atoms with E-state index < -0.39 is 5.54 Å². The standard InChI is InChI=1S/C14H24N2O/c15-14(9-4-5-10-14)13(17)16-11-8-12-6-2-1-3-7-12/h1-2,12H,3-11,15H2,(H,16,17). The number of nitrogens with one attached hydrogen (secondary N) is 1. The van der Waals surface area contributed by atoms with Gasteiger partial charge in [0.25, 0.3) is 0 Å². The smallest absolute Gasteiger partial charge is 0.240 e. The molecule has 0 bridgehead atoms. The molecule has 3 heteroatoms. The molecule has 0 spiro atoms. The number of hydrogen-bond donors (Lipinski definition) is 2. The molecule has 0 aromatic rings. The lowest BCUT2D eigenvalue weighted by Crippen LogP contribution is -2.52. The van der Waals surface area contributed by atoms with Crippen molar-refractivity contribution in [3.05, 3.63) is 12.2 Å². The average Bonchev–Trinajstić information content (AvgIpc) is 2.79. The Morgan fingerprint density at radius 1 is 1.35 bits per heavy atom. The summed E-state index contributed by atoms with van der Waals surface area (Å²) in [5.41, 5.74) is 5.54. The van der Waals surface area contributed by atoms with Gasteiger partial charge in [-0.25, -0.2) is 0 Å². The molecule has 2 rings (SSSR count). The molecule has 1 atom stereocenters. The van der Waals surface area contributed by atoms with Crippen molar-refractivity contribution in [3.8, 4) is 0 Å². The van der Waals surface area contributed by atoms with Crippen LogP contribution < -0.4 is 11.1 Å². The molecular weight excluding hydrogens is 212 g/mol. The van der Waals surface area contributed by atoms with Gasteiger partial charge < -0.3 is 11.1 Å². The van der Waals surface area contributed by atoms with Crippen LogP contribution in [0.4, 0.5) is 0 Å². The van der Waals surface area contributed by atoms with Crippen molar-refractivity contribution < 1.29 is 4.79 Å². The van der Waals surface area contributed by atoms with E-state index in [0.29, 0.717) is 0 Å². The third-order valence-electron chi connectivity index (χ3n) is 4.16. The van der Waals surface area contributed by atoms with Gasteiger partial charge in [0, 0.05) is 6.54 Å². The molecule has 3 N–H and O–H groups in total. The van der Waals surface area contributed by atoms with E-state index in [9.17, 15) is 4.79 Å². The molecule has 1 fully saturated rings. The lowest BCUT2D eigenvalue weighted by Gasteiger charge is -2.23. The van der Waals surface area contributed by atoms with E-state index in [4.69, 9.17) is 5.73 Å². The van der Waals surface area contributed by atoms with Crippen LogP contribution in [0.1, 0.15) is 51.4 Å². The summed E-state index contributed by atoms with van der Waals surface area (Å²) < 4.78 is 0. The predicted molar refractivity (Wildman–Crippen MR) is 69.5 cm³/mol. The molecule has 2 aliphatic rings. The van der Waals surface area contributed by atoms with E-state index in [1.807, 2.05) is 0 Å². The first-order valence-electron chi connectivity index (χ1n) is 6.93. The number of hydrogen-bond acceptors (Lipinski definition) is 2. The molecule has 17 heavy (non-hydrogen) atoms. The van der Waals surface area contributed by atoms with Crippen LogP contribution in [-0.2, 0) is 4.79 Å². The van der Waals surface area contributed by atoms with Crippen LogP contribution in [0.3, 0.4) is 0 Å². The highest BCUT2D eigenvalue weighted by Crippen LogP contribution is 2.27. The fraction of sp³-hybridized carbons (Fsp3) is 0.786. The molecule has 1 amide bonds. The van der Waals surface area contributed by atoms with Crippen molar-refractivity contribution in [2.45, 2.75) is 56.9 Å². The Balaban J connectivity index is 1.67. The van der Waals surface area contributed by atoms with Crippen molar-refractivity contribution in [1.29, 1.82) is 0 Å². The summed E-state index contributed by atoms with van der Waals surface area (Å²) in [6, 6.07) is 0. The zero-order chi connectivity index (χ0) is 12.1. The second-order valence-corrected chi connectivity index (χ2v) is 5.56. The van der Waals surface area contributed by atoms with Crippen molar-refractivity contribution in [2.75, 3.05) is 6.54 Å². The monoisotopic (exact) mass is 236 g/mol. The summed E-state index contributed by atoms with van der Waals surface area (Å²) in [6.45, 7) is 0.788. The Hall–Kier alpha value is -0.830. The van der Waals surface area contributed by atoms with E-state index in [1.54, 1.807) is 0 Å². The molecule has 0 radical (unpaired) electrons. The summed E-state index contributed by atoms with van der Waals surface area (Å²) in [5.74, 6) is 0.818. The minimum atomic E-state index is -0.563. The molecule has 2 aliphatic carbocycles. The van der Waals surface area contributed by atoms with Gasteiger partial charge in [0.15, 0.2) is 0 Å². The minimum absolute atomic E-state index is 0.0707. The van der Waals surface area contributed by atoms with Crippen LogP contribution in [0.25, 0.3) is 0 Å². The number of amides is 1. The van der Waals surface area contributed by atoms with E-state index in [0.717, 1.165) is 44.6 Å². The first-order valence-corrected chi connectivity index (χ1v) is 6.93. The topological polar surface area (TPSA) is 55.1 Å². The first kappa shape index (κ1) is 12.6. The molecule has 3 nitrogen and oxygen atoms in total. The molecule has 0 aromatic heterocycles. The maximum Gasteiger partial charge on any atom is 0.240 e. The third-order valence-corrected chi connectivity index (χ3v) is 4.16. The van der Waals surface area contributed by atoms with Gasteiger partial charge in [0.05, 0.1) is 5.54 Å². The van der Waals surface area contributed by atoms with Crippen LogP contribution in [0, 0.1) is 5.92 Å². The number of nitrogens with two attached hydrogens (primary N) is 1. The van der Waals surface area contributed by atoms with Crippen LogP contribution in [0.15, 0.2) is 12.2 Å². The second-order valence-electron chi connectivity index (χ2n) is 5.56. The van der Waals surface area contributed by atoms with Gasteiger partial charge in [-0.15, -0.1) is 0 Å². The van der Waals surface area contributed by atoms with E-state index in [1.165, 1.54) is 19.3 Å². The van der Waals surface area contributed by atoms with Gasteiger partial charge in [-0.2, -0.15) is 0 Å². The van der Waals surface area contributed by atoms with Gasteiger partial charge in [-0.3, -0.25) is 4.79 Å². The molecule has 0 heterocycles. The Bertz CT molecular complexity index is 293. The lowest BCUT2D eigenvalue weighted by atomic mass is 9.91. The highest BCUT2D eigenvalue weighted by atomic mass is 16.2. The zero-order valence-electron chi connectivity index (χ0n) is 10.6. The van der Waals surface area contributed by atoms with Gasteiger partial charge in [-0.05, 0) is 44.4 Å². The summed E-state index contributed by atoms with van der Waals surface area (Å²) >= 11 is 0. The maximum absolute atomic E-state index is 12.0. The lowest BCUT2D eigenvalue weighted by molar-refractivity contribution is -0.126. The number of carbonyl (C=O) groups is 1. The summed E-state index contributed by atoms with van der Waals surface area (Å²) in [7, 11) is 0. The molecule has 0 saturated heterocycles. The number of allylic oxidation sites excluding steroid dienone is 2. The Morgan fingerprint density at radius 2 is 2.12 bits per heavy atom. The Kier molecular flexibility index (Phi) is 4.21. The molecule has 0 aliphatic heterocycles. The highest BCUT2D eigenvalue weighted by Gasteiger charge is 2.36. The summed E-state index contributed by atoms with van der Waals surface area (Å²) in [6.07, 6.45) is 13.1. The van der Waals surface area contributed by atoms with Gasteiger partial charge >= 0.3 is 0 Å². The molecule has 1 unspecified atom stereocenters. The van der Waals surface area contributed by atoms with Crippen LogP contribution in [-0.4, -0.2) is 18.0 Å². The SMILES string of the molecule is NC1(C(=O)NCCC2CC=CCC2)CCCC1. The molecule has 0 aromatic carbocycles. The van der Waals surface area contributed by atoms with E-state index in [-0.39, 0.29) is 5.91 Å². The minimum Gasteiger partial charge on any atom is -0.354 e. The quantitative estimate of drug-likeness (QED) is 0.735. The van der Waals surface area contributed by atoms with Crippen LogP contribution in [0.2, 0.25) is 0 Å². The predicted octanol–water partition coefficient (Wildman–Crippen LogP) is 2.12. The Morgan fingerprint density at radius 3 is 2.76 bits per heavy atom. The van der Waals surface area contributed by atoms with Gasteiger partial charge in [0.2, 0.25) is 5.91 Å². The molecule has 1 saturated carbocycles. The van der Waals surface area contributed by atoms with Crippen LogP contribution in [0.5, 0.6) is 0 Å². The normalized spacial score (nSPS) is 27.0. The van der Waals surface area contributed by atoms with Crippen LogP contribution >= 0.6 is 0 Å². The highest BCUT2D eigenvalue weighted by molar-refractivity contribution is 5.86. The maximum atomic E-state index is 12.0. The number of rotatable bonds is 4. The average molecular weight is 236 g/mol. The van der Waals surface area contributed by atoms with Gasteiger partial charge in [-0.1, -0.05) is 25.0 Å². The second kappa shape index (κ2) is 5.67. The number of carbonyl (C=O) groups excluding carboxylic acids is 1. The zero-order valence-corrected chi connectivity index (χ0v) is 10.6. The van der Waals surface area contributed by atoms with Crippen molar-refractivity contribution in [2.24, 2.45) is 11.7 Å². The Labute approximate surface area is 104 Å². The molecule has 96 valence electrons. The summed E-state index contributed by atoms with van der Waals surface area (Å²) in [5, 5.41) is 3.02. The summed E-state index contributed by atoms with van der Waals surface area (Å²) in [4.78, 5) is 12.0. The van der Waals surface area contributed by atoms with Crippen molar-refractivity contribution in [3.63, 3.8) is 0 Å². The van der Waals surface area contributed by atoms with E-state index >= 15 is 0 Å². The van der Waals surface area contributed by atoms with E-state index in [2.05, 4.69) is 17.5 Å². The molecular formula is C14H24N2O. The fourth-order valence-corrected chi connectivity index (χ4v) is 2.92. The van der Waals surface area contributed by atoms with Gasteiger partial charge in [0.1, 0.15) is 0 Å². The fourth-order valence-electron chi connectivity index (χ4n) is 2.92.